The summed E-state index contributed by atoms with van der Waals surface area (Å²) in [6, 6.07) is 25.1. The lowest BCUT2D eigenvalue weighted by Gasteiger charge is -2.23. The molecule has 4 rings (SSSR count). The van der Waals surface area contributed by atoms with Crippen molar-refractivity contribution in [2.24, 2.45) is 0 Å². The second kappa shape index (κ2) is 10.3. The summed E-state index contributed by atoms with van der Waals surface area (Å²) in [5.74, 6) is -0.135. The van der Waals surface area contributed by atoms with Crippen LogP contribution in [0.5, 0.6) is 0 Å². The molecule has 0 aliphatic carbocycles. The van der Waals surface area contributed by atoms with Crippen molar-refractivity contribution in [3.63, 3.8) is 0 Å². The molecule has 0 spiro atoms. The third-order valence-corrected chi connectivity index (χ3v) is 6.37. The molecule has 6 nitrogen and oxygen atoms in total. The maximum atomic E-state index is 13.2. The molecule has 0 radical (unpaired) electrons. The van der Waals surface area contributed by atoms with Crippen LogP contribution in [0.3, 0.4) is 0 Å². The molecule has 0 bridgehead atoms. The quantitative estimate of drug-likeness (QED) is 0.230. The number of amides is 1. The van der Waals surface area contributed by atoms with E-state index in [2.05, 4.69) is 22.9 Å². The summed E-state index contributed by atoms with van der Waals surface area (Å²) in [7, 11) is 0. The predicted octanol–water partition coefficient (Wildman–Crippen LogP) is 5.99. The van der Waals surface area contributed by atoms with E-state index in [0.29, 0.717) is 26.1 Å². The molecule has 34 heavy (non-hydrogen) atoms. The molecule has 0 saturated carbocycles. The van der Waals surface area contributed by atoms with Crippen molar-refractivity contribution in [1.29, 1.82) is 0 Å². The minimum atomic E-state index is -0.365. The van der Waals surface area contributed by atoms with Crippen molar-refractivity contribution in [2.75, 3.05) is 13.1 Å². The third-order valence-electron chi connectivity index (χ3n) is 6.37. The van der Waals surface area contributed by atoms with Crippen molar-refractivity contribution in [2.45, 2.75) is 32.7 Å². The summed E-state index contributed by atoms with van der Waals surface area (Å²) < 4.78 is 2.13. The van der Waals surface area contributed by atoms with Crippen LogP contribution in [0.1, 0.15) is 42.9 Å². The fourth-order valence-electron chi connectivity index (χ4n) is 4.59. The van der Waals surface area contributed by atoms with Gasteiger partial charge in [0.25, 0.3) is 5.69 Å². The molecule has 0 fully saturated rings. The zero-order chi connectivity index (χ0) is 24.1. The van der Waals surface area contributed by atoms with E-state index >= 15 is 0 Å². The average molecular weight is 456 g/mol. The highest BCUT2D eigenvalue weighted by Gasteiger charge is 2.25. The van der Waals surface area contributed by atoms with Gasteiger partial charge in [0.2, 0.25) is 5.91 Å². The molecule has 174 valence electrons. The second-order valence-electron chi connectivity index (χ2n) is 8.39. The van der Waals surface area contributed by atoms with E-state index in [9.17, 15) is 14.9 Å². The highest BCUT2D eigenvalue weighted by atomic mass is 16.6. The maximum Gasteiger partial charge on any atom is 0.270 e. The van der Waals surface area contributed by atoms with Gasteiger partial charge in [-0.3, -0.25) is 14.9 Å². The van der Waals surface area contributed by atoms with Crippen molar-refractivity contribution >= 4 is 22.5 Å². The van der Waals surface area contributed by atoms with Crippen molar-refractivity contribution in [3.05, 3.63) is 112 Å². The molecule has 0 aliphatic rings. The van der Waals surface area contributed by atoms with Gasteiger partial charge in [-0.1, -0.05) is 60.7 Å². The first-order valence-corrected chi connectivity index (χ1v) is 11.7. The number of aromatic nitrogens is 1. The summed E-state index contributed by atoms with van der Waals surface area (Å²) in [6.45, 7) is 5.90. The maximum absolute atomic E-state index is 13.2. The zero-order valence-electron chi connectivity index (χ0n) is 19.6. The number of benzene rings is 3. The van der Waals surface area contributed by atoms with Gasteiger partial charge in [-0.15, -0.1) is 0 Å². The van der Waals surface area contributed by atoms with E-state index < -0.39 is 0 Å². The van der Waals surface area contributed by atoms with Crippen LogP contribution in [0, 0.1) is 10.1 Å². The first kappa shape index (κ1) is 23.2. The Labute approximate surface area is 199 Å². The molecule has 3 aromatic carbocycles. The Balaban J connectivity index is 1.87. The number of carbonyl (C=O) groups excluding carboxylic acids is 1. The third kappa shape index (κ3) is 4.86. The van der Waals surface area contributed by atoms with Crippen LogP contribution in [0.2, 0.25) is 0 Å². The molecule has 4 aromatic rings. The van der Waals surface area contributed by atoms with Gasteiger partial charge in [-0.25, -0.2) is 0 Å². The van der Waals surface area contributed by atoms with E-state index in [-0.39, 0.29) is 22.4 Å². The monoisotopic (exact) mass is 455 g/mol. The Morgan fingerprint density at radius 3 is 2.24 bits per heavy atom. The van der Waals surface area contributed by atoms with Crippen molar-refractivity contribution < 1.29 is 9.72 Å². The normalized spacial score (nSPS) is 11.9. The van der Waals surface area contributed by atoms with Crippen LogP contribution in [-0.2, 0) is 11.3 Å². The Morgan fingerprint density at radius 2 is 1.62 bits per heavy atom. The van der Waals surface area contributed by atoms with Gasteiger partial charge >= 0.3 is 0 Å². The lowest BCUT2D eigenvalue weighted by molar-refractivity contribution is -0.384. The van der Waals surface area contributed by atoms with Crippen LogP contribution in [0.25, 0.3) is 10.9 Å². The number of fused-ring (bicyclic) bond motifs is 1. The van der Waals surface area contributed by atoms with Gasteiger partial charge in [-0.2, -0.15) is 0 Å². The lowest BCUT2D eigenvalue weighted by Crippen LogP contribution is -2.31. The molecule has 1 aromatic heterocycles. The summed E-state index contributed by atoms with van der Waals surface area (Å²) in [6.07, 6.45) is 2.37. The number of carbonyl (C=O) groups is 1. The molecular weight excluding hydrogens is 426 g/mol. The standard InChI is InChI=1S/C28H29N3O3/c1-3-29(4-2)28(32)18-24(22-13-9-6-10-14-22)26-20-30(19-21-11-7-5-8-12-21)27-16-15-23(31(33)34)17-25(26)27/h5-17,20,24H,3-4,18-19H2,1-2H3/t24-/m0/s1. The molecule has 1 atom stereocenters. The van der Waals surface area contributed by atoms with E-state index in [1.807, 2.05) is 73.3 Å². The van der Waals surface area contributed by atoms with Gasteiger partial charge in [0.15, 0.2) is 0 Å². The van der Waals surface area contributed by atoms with Crippen LogP contribution < -0.4 is 0 Å². The smallest absolute Gasteiger partial charge is 0.270 e. The molecule has 0 N–H and O–H groups in total. The number of nitro groups is 1. The van der Waals surface area contributed by atoms with E-state index in [1.165, 1.54) is 0 Å². The fraction of sp³-hybridized carbons (Fsp3) is 0.250. The SMILES string of the molecule is CCN(CC)C(=O)C[C@@H](c1ccccc1)c1cn(Cc2ccccc2)c2ccc([N+](=O)[O-])cc12. The molecule has 0 unspecified atom stereocenters. The van der Waals surface area contributed by atoms with Gasteiger partial charge < -0.3 is 9.47 Å². The molecule has 6 heteroatoms. The second-order valence-corrected chi connectivity index (χ2v) is 8.39. The fourth-order valence-corrected chi connectivity index (χ4v) is 4.59. The van der Waals surface area contributed by atoms with E-state index in [1.54, 1.807) is 12.1 Å². The van der Waals surface area contributed by atoms with E-state index in [0.717, 1.165) is 27.6 Å². The summed E-state index contributed by atoms with van der Waals surface area (Å²) in [5.41, 5.74) is 4.06. The highest BCUT2D eigenvalue weighted by molar-refractivity contribution is 5.88. The van der Waals surface area contributed by atoms with Gasteiger partial charge in [0.1, 0.15) is 0 Å². The number of non-ortho nitro benzene ring substituents is 1. The van der Waals surface area contributed by atoms with Gasteiger partial charge in [0, 0.05) is 61.2 Å². The first-order valence-electron chi connectivity index (χ1n) is 11.7. The molecule has 0 aliphatic heterocycles. The van der Waals surface area contributed by atoms with Gasteiger partial charge in [-0.05, 0) is 36.6 Å². The number of nitro benzene ring substituents is 1. The van der Waals surface area contributed by atoms with Crippen molar-refractivity contribution in [3.8, 4) is 0 Å². The minimum absolute atomic E-state index is 0.0492. The number of rotatable bonds is 9. The molecule has 1 heterocycles. The Morgan fingerprint density at radius 1 is 0.971 bits per heavy atom. The minimum Gasteiger partial charge on any atom is -0.343 e. The predicted molar refractivity (Wildman–Crippen MR) is 135 cm³/mol. The highest BCUT2D eigenvalue weighted by Crippen LogP contribution is 2.37. The largest absolute Gasteiger partial charge is 0.343 e. The van der Waals surface area contributed by atoms with Crippen LogP contribution in [0.15, 0.2) is 85.1 Å². The van der Waals surface area contributed by atoms with Crippen LogP contribution in [-0.4, -0.2) is 33.4 Å². The molecule has 1 amide bonds. The van der Waals surface area contributed by atoms with Crippen LogP contribution in [0.4, 0.5) is 5.69 Å². The van der Waals surface area contributed by atoms with Gasteiger partial charge in [0.05, 0.1) is 4.92 Å². The summed E-state index contributed by atoms with van der Waals surface area (Å²) in [5, 5.41) is 12.4. The molecule has 0 saturated heterocycles. The lowest BCUT2D eigenvalue weighted by atomic mass is 9.87. The number of nitrogens with zero attached hydrogens (tertiary/aromatic N) is 3. The number of hydrogen-bond donors (Lipinski definition) is 0. The molecular formula is C28H29N3O3. The zero-order valence-corrected chi connectivity index (χ0v) is 19.6. The van der Waals surface area contributed by atoms with Crippen molar-refractivity contribution in [1.82, 2.24) is 9.47 Å². The topological polar surface area (TPSA) is 68.4 Å². The first-order chi connectivity index (χ1) is 16.5. The van der Waals surface area contributed by atoms with Crippen LogP contribution >= 0.6 is 0 Å². The Kier molecular flexibility index (Phi) is 7.07. The summed E-state index contributed by atoms with van der Waals surface area (Å²) in [4.78, 5) is 26.2. The average Bonchev–Trinajstić information content (AvgIpc) is 3.21. The Bertz CT molecular complexity index is 1280. The van der Waals surface area contributed by atoms with E-state index in [4.69, 9.17) is 0 Å². The summed E-state index contributed by atoms with van der Waals surface area (Å²) >= 11 is 0. The number of hydrogen-bond acceptors (Lipinski definition) is 3. The Hall–Kier alpha value is -3.93.